The summed E-state index contributed by atoms with van der Waals surface area (Å²) in [4.78, 5) is 28.5. The Bertz CT molecular complexity index is 1050. The van der Waals surface area contributed by atoms with Crippen LogP contribution in [-0.4, -0.2) is 11.6 Å². The summed E-state index contributed by atoms with van der Waals surface area (Å²) >= 11 is 5.08. The highest BCUT2D eigenvalue weighted by atomic mass is 79.9. The van der Waals surface area contributed by atoms with E-state index >= 15 is 0 Å². The summed E-state index contributed by atoms with van der Waals surface area (Å²) in [5.74, 6) is -0.660. The van der Waals surface area contributed by atoms with E-state index in [4.69, 9.17) is 0 Å². The van der Waals surface area contributed by atoms with Gasteiger partial charge >= 0.3 is 0 Å². The van der Waals surface area contributed by atoms with Crippen molar-refractivity contribution in [3.63, 3.8) is 0 Å². The van der Waals surface area contributed by atoms with E-state index in [-0.39, 0.29) is 22.9 Å². The van der Waals surface area contributed by atoms with Gasteiger partial charge in [0, 0.05) is 31.0 Å². The molecule has 2 aromatic rings. The maximum absolute atomic E-state index is 13.3. The Morgan fingerprint density at radius 2 is 1.69 bits per heavy atom. The first-order valence-corrected chi connectivity index (χ1v) is 11.7. The molecule has 0 amide bonds. The van der Waals surface area contributed by atoms with Crippen LogP contribution in [-0.2, 0) is 16.6 Å². The number of carbonyl (C=O) groups excluding carboxylic acids is 2. The Balaban J connectivity index is 1.95. The van der Waals surface area contributed by atoms with Crippen LogP contribution in [0.3, 0.4) is 0 Å². The summed E-state index contributed by atoms with van der Waals surface area (Å²) in [7, 11) is 0. The molecule has 0 aromatic heterocycles. The quantitative estimate of drug-likeness (QED) is 0.455. The zero-order valence-corrected chi connectivity index (χ0v) is 19.7. The van der Waals surface area contributed by atoms with Crippen molar-refractivity contribution in [2.75, 3.05) is 0 Å². The molecule has 0 N–H and O–H groups in total. The molecule has 0 spiro atoms. The van der Waals surface area contributed by atoms with Gasteiger partial charge in [0.05, 0.1) is 0 Å². The van der Waals surface area contributed by atoms with Gasteiger partial charge in [0.25, 0.3) is 0 Å². The number of fused-ring (bicyclic) bond motifs is 3. The summed E-state index contributed by atoms with van der Waals surface area (Å²) in [6.07, 6.45) is 3.02. The van der Waals surface area contributed by atoms with Crippen LogP contribution < -0.4 is 0 Å². The Hall–Kier alpha value is -1.65. The van der Waals surface area contributed by atoms with Crippen LogP contribution in [0.4, 0.5) is 0 Å². The lowest BCUT2D eigenvalue weighted by molar-refractivity contribution is -0.112. The molecule has 150 valence electrons. The second kappa shape index (κ2) is 7.55. The summed E-state index contributed by atoms with van der Waals surface area (Å²) in [6.45, 7) is 8.46. The molecule has 0 atom stereocenters. The normalized spacial score (nSPS) is 18.1. The number of rotatable bonds is 3. The number of allylic oxidation sites excluding steroid dienone is 1. The third-order valence-corrected chi connectivity index (χ3v) is 7.73. The molecule has 29 heavy (non-hydrogen) atoms. The molecule has 4 heteroatoms. The van der Waals surface area contributed by atoms with Gasteiger partial charge in [-0.1, -0.05) is 67.5 Å². The second-order valence-corrected chi connectivity index (χ2v) is 10.9. The van der Waals surface area contributed by atoms with E-state index < -0.39 is 0 Å². The van der Waals surface area contributed by atoms with Crippen molar-refractivity contribution in [3.05, 3.63) is 68.7 Å². The Morgan fingerprint density at radius 3 is 2.34 bits per heavy atom. The molecule has 2 aliphatic rings. The predicted molar refractivity (Wildman–Crippen MR) is 124 cm³/mol. The highest BCUT2D eigenvalue weighted by Crippen LogP contribution is 2.47. The largest absolute Gasteiger partial charge is 0.285 e. The van der Waals surface area contributed by atoms with Crippen LogP contribution >= 0.6 is 27.7 Å². The van der Waals surface area contributed by atoms with E-state index in [0.717, 1.165) is 44.7 Å². The fourth-order valence-corrected chi connectivity index (χ4v) is 6.06. The maximum atomic E-state index is 13.3. The molecule has 0 heterocycles. The SMILES string of the molecule is CC(C)C1=C(Sc2ccc(Br)cc2)c2ccc3c(c2C(=O)C1=O)CCCC3(C)C. The lowest BCUT2D eigenvalue weighted by Gasteiger charge is -2.35. The molecular formula is C25H25BrO2S. The zero-order chi connectivity index (χ0) is 20.9. The molecule has 2 aromatic carbocycles. The average Bonchev–Trinajstić information content (AvgIpc) is 2.66. The Kier molecular flexibility index (Phi) is 5.37. The highest BCUT2D eigenvalue weighted by molar-refractivity contribution is 9.10. The molecule has 2 aliphatic carbocycles. The number of benzene rings is 2. The van der Waals surface area contributed by atoms with Gasteiger partial charge in [0.1, 0.15) is 0 Å². The predicted octanol–water partition coefficient (Wildman–Crippen LogP) is 6.99. The number of ketones is 2. The molecule has 0 bridgehead atoms. The minimum Gasteiger partial charge on any atom is -0.285 e. The number of hydrogen-bond acceptors (Lipinski definition) is 3. The second-order valence-electron chi connectivity index (χ2n) is 8.86. The van der Waals surface area contributed by atoms with Crippen molar-refractivity contribution >= 4 is 44.2 Å². The first-order valence-electron chi connectivity index (χ1n) is 10.1. The fourth-order valence-electron chi connectivity index (χ4n) is 4.57. The van der Waals surface area contributed by atoms with Crippen molar-refractivity contribution in [1.82, 2.24) is 0 Å². The molecule has 0 aliphatic heterocycles. The standard InChI is InChI=1S/C25H25BrO2S/c1-14(2)20-22(27)23(28)21-17-6-5-13-25(3,4)19(17)12-11-18(21)24(20)29-16-9-7-15(26)8-10-16/h7-12,14H,5-6,13H2,1-4H3. The molecular weight excluding hydrogens is 444 g/mol. The number of thioether (sulfide) groups is 1. The molecule has 0 saturated heterocycles. The smallest absolute Gasteiger partial charge is 0.234 e. The Labute approximate surface area is 185 Å². The van der Waals surface area contributed by atoms with Crippen LogP contribution in [0.5, 0.6) is 0 Å². The molecule has 4 rings (SSSR count). The summed E-state index contributed by atoms with van der Waals surface area (Å²) in [5, 5.41) is 0. The van der Waals surface area contributed by atoms with Crippen LogP contribution in [0.25, 0.3) is 4.91 Å². The van der Waals surface area contributed by atoms with Crippen LogP contribution in [0, 0.1) is 5.92 Å². The number of hydrogen-bond donors (Lipinski definition) is 0. The van der Waals surface area contributed by atoms with Gasteiger partial charge in [-0.2, -0.15) is 0 Å². The average molecular weight is 469 g/mol. The van der Waals surface area contributed by atoms with Crippen LogP contribution in [0.2, 0.25) is 0 Å². The highest BCUT2D eigenvalue weighted by Gasteiger charge is 2.39. The lowest BCUT2D eigenvalue weighted by atomic mass is 9.69. The van der Waals surface area contributed by atoms with Gasteiger partial charge in [-0.05, 0) is 66.0 Å². The molecule has 0 fully saturated rings. The van der Waals surface area contributed by atoms with Crippen molar-refractivity contribution in [2.24, 2.45) is 5.92 Å². The van der Waals surface area contributed by atoms with Crippen molar-refractivity contribution in [1.29, 1.82) is 0 Å². The fraction of sp³-hybridized carbons (Fsp3) is 0.360. The van der Waals surface area contributed by atoms with Crippen molar-refractivity contribution in [2.45, 2.75) is 57.3 Å². The van der Waals surface area contributed by atoms with Gasteiger partial charge in [0.15, 0.2) is 0 Å². The van der Waals surface area contributed by atoms with Crippen LogP contribution in [0.1, 0.15) is 67.6 Å². The van der Waals surface area contributed by atoms with Gasteiger partial charge in [0.2, 0.25) is 11.6 Å². The zero-order valence-electron chi connectivity index (χ0n) is 17.3. The molecule has 2 nitrogen and oxygen atoms in total. The minimum atomic E-state index is -0.330. The Morgan fingerprint density at radius 1 is 1.00 bits per heavy atom. The molecule has 0 saturated carbocycles. The third kappa shape index (κ3) is 3.55. The first kappa shape index (κ1) is 20.6. The molecule has 0 radical (unpaired) electrons. The minimum absolute atomic E-state index is 0.00924. The number of Topliss-reactive ketones (excluding diaryl/α,β-unsaturated/α-hetero) is 2. The van der Waals surface area contributed by atoms with E-state index in [1.165, 1.54) is 5.56 Å². The van der Waals surface area contributed by atoms with E-state index in [1.807, 2.05) is 38.1 Å². The van der Waals surface area contributed by atoms with E-state index in [1.54, 1.807) is 11.8 Å². The first-order chi connectivity index (χ1) is 13.7. The molecule has 0 unspecified atom stereocenters. The lowest BCUT2D eigenvalue weighted by Crippen LogP contribution is -2.31. The van der Waals surface area contributed by atoms with Gasteiger partial charge in [-0.3, -0.25) is 9.59 Å². The van der Waals surface area contributed by atoms with Gasteiger partial charge in [-0.15, -0.1) is 0 Å². The maximum Gasteiger partial charge on any atom is 0.234 e. The van der Waals surface area contributed by atoms with Gasteiger partial charge in [-0.25, -0.2) is 0 Å². The summed E-state index contributed by atoms with van der Waals surface area (Å²) in [5.41, 5.74) is 4.59. The monoisotopic (exact) mass is 468 g/mol. The summed E-state index contributed by atoms with van der Waals surface area (Å²) < 4.78 is 1.02. The van der Waals surface area contributed by atoms with Gasteiger partial charge < -0.3 is 0 Å². The third-order valence-electron chi connectivity index (χ3n) is 6.05. The topological polar surface area (TPSA) is 34.1 Å². The van der Waals surface area contributed by atoms with Crippen LogP contribution in [0.15, 0.2) is 51.3 Å². The number of carbonyl (C=O) groups is 2. The van der Waals surface area contributed by atoms with Crippen molar-refractivity contribution < 1.29 is 9.59 Å². The van der Waals surface area contributed by atoms with E-state index in [2.05, 4.69) is 41.9 Å². The summed E-state index contributed by atoms with van der Waals surface area (Å²) in [6, 6.07) is 12.4. The number of halogens is 1. The van der Waals surface area contributed by atoms with Crippen molar-refractivity contribution in [3.8, 4) is 0 Å². The van der Waals surface area contributed by atoms with E-state index in [9.17, 15) is 9.59 Å². The van der Waals surface area contributed by atoms with E-state index in [0.29, 0.717) is 11.1 Å².